The number of carbonyl (C=O) groups is 1. The molecule has 2 rings (SSSR count). The first-order valence-corrected chi connectivity index (χ1v) is 6.27. The summed E-state index contributed by atoms with van der Waals surface area (Å²) in [7, 11) is 0. The van der Waals surface area contributed by atoms with E-state index in [1.807, 2.05) is 24.0 Å². The van der Waals surface area contributed by atoms with E-state index >= 15 is 0 Å². The number of piperidine rings is 1. The first-order valence-electron chi connectivity index (χ1n) is 6.27. The van der Waals surface area contributed by atoms with Gasteiger partial charge < -0.3 is 10.0 Å². The van der Waals surface area contributed by atoms with Crippen LogP contribution in [0.25, 0.3) is 0 Å². The Morgan fingerprint density at radius 3 is 2.41 bits per heavy atom. The lowest BCUT2D eigenvalue weighted by molar-refractivity contribution is -0.131. The van der Waals surface area contributed by atoms with E-state index in [-0.39, 0.29) is 5.91 Å². The number of amides is 1. The minimum Gasteiger partial charge on any atom is -0.508 e. The molecule has 3 heteroatoms. The molecule has 92 valence electrons. The molecule has 1 heterocycles. The Balaban J connectivity index is 1.95. The number of rotatable bonds is 2. The highest BCUT2D eigenvalue weighted by molar-refractivity contribution is 5.75. The number of likely N-dealkylation sites (tertiary alicyclic amines) is 1. The molecule has 1 aliphatic rings. The van der Waals surface area contributed by atoms with Crippen molar-refractivity contribution in [3.05, 3.63) is 29.8 Å². The van der Waals surface area contributed by atoms with Crippen LogP contribution < -0.4 is 0 Å². The van der Waals surface area contributed by atoms with E-state index in [2.05, 4.69) is 0 Å². The fourth-order valence-electron chi connectivity index (χ4n) is 2.43. The van der Waals surface area contributed by atoms with Crippen LogP contribution in [0, 0.1) is 0 Å². The van der Waals surface area contributed by atoms with Crippen molar-refractivity contribution >= 4 is 5.91 Å². The van der Waals surface area contributed by atoms with Crippen LogP contribution in [0.1, 0.15) is 37.7 Å². The largest absolute Gasteiger partial charge is 0.508 e. The first kappa shape index (κ1) is 12.0. The minimum absolute atomic E-state index is 0.258. The van der Waals surface area contributed by atoms with Crippen LogP contribution >= 0.6 is 0 Å². The molecule has 0 saturated carbocycles. The summed E-state index contributed by atoms with van der Waals surface area (Å²) in [5, 5.41) is 9.25. The van der Waals surface area contributed by atoms with Crippen LogP contribution in [-0.4, -0.2) is 29.0 Å². The molecule has 0 aliphatic carbocycles. The molecule has 1 aliphatic heterocycles. The molecular formula is C14H19NO2. The Hall–Kier alpha value is -1.51. The van der Waals surface area contributed by atoms with E-state index in [4.69, 9.17) is 0 Å². The zero-order valence-electron chi connectivity index (χ0n) is 10.2. The van der Waals surface area contributed by atoms with E-state index in [0.717, 1.165) is 25.9 Å². The number of aromatic hydroxyl groups is 1. The van der Waals surface area contributed by atoms with Crippen molar-refractivity contribution in [2.24, 2.45) is 0 Å². The van der Waals surface area contributed by atoms with Gasteiger partial charge in [-0.25, -0.2) is 0 Å². The van der Waals surface area contributed by atoms with Gasteiger partial charge in [-0.2, -0.15) is 0 Å². The van der Waals surface area contributed by atoms with E-state index in [1.54, 1.807) is 12.1 Å². The van der Waals surface area contributed by atoms with Gasteiger partial charge in [-0.05, 0) is 36.5 Å². The van der Waals surface area contributed by atoms with Crippen LogP contribution in [0.15, 0.2) is 24.3 Å². The second-order valence-corrected chi connectivity index (χ2v) is 4.60. The molecule has 0 atom stereocenters. The molecule has 1 amide bonds. The molecule has 1 fully saturated rings. The predicted octanol–water partition coefficient (Wildman–Crippen LogP) is 2.51. The van der Waals surface area contributed by atoms with Crippen molar-refractivity contribution in [1.29, 1.82) is 0 Å². The lowest BCUT2D eigenvalue weighted by atomic mass is 9.89. The van der Waals surface area contributed by atoms with Crippen LogP contribution in [0.4, 0.5) is 0 Å². The van der Waals surface area contributed by atoms with Gasteiger partial charge in [0, 0.05) is 19.5 Å². The van der Waals surface area contributed by atoms with Crippen molar-refractivity contribution in [1.82, 2.24) is 4.90 Å². The first-order chi connectivity index (χ1) is 8.20. The predicted molar refractivity (Wildman–Crippen MR) is 67.0 cm³/mol. The number of hydrogen-bond acceptors (Lipinski definition) is 2. The lowest BCUT2D eigenvalue weighted by Gasteiger charge is -2.32. The van der Waals surface area contributed by atoms with Gasteiger partial charge in [0.2, 0.25) is 5.91 Å². The molecule has 1 aromatic rings. The molecule has 0 bridgehead atoms. The van der Waals surface area contributed by atoms with Gasteiger partial charge in [0.05, 0.1) is 0 Å². The summed E-state index contributed by atoms with van der Waals surface area (Å²) in [6.45, 7) is 3.63. The van der Waals surface area contributed by atoms with Crippen LogP contribution in [-0.2, 0) is 4.79 Å². The second-order valence-electron chi connectivity index (χ2n) is 4.60. The molecule has 0 radical (unpaired) electrons. The van der Waals surface area contributed by atoms with Crippen LogP contribution in [0.5, 0.6) is 5.75 Å². The third kappa shape index (κ3) is 2.78. The Kier molecular flexibility index (Phi) is 3.67. The summed E-state index contributed by atoms with van der Waals surface area (Å²) < 4.78 is 0. The van der Waals surface area contributed by atoms with Gasteiger partial charge in [-0.15, -0.1) is 0 Å². The topological polar surface area (TPSA) is 40.5 Å². The number of carbonyl (C=O) groups excluding carboxylic acids is 1. The highest BCUT2D eigenvalue weighted by atomic mass is 16.3. The Morgan fingerprint density at radius 2 is 1.88 bits per heavy atom. The number of phenols is 1. The molecule has 1 N–H and O–H groups in total. The zero-order valence-corrected chi connectivity index (χ0v) is 10.2. The van der Waals surface area contributed by atoms with Crippen LogP contribution in [0.2, 0.25) is 0 Å². The summed E-state index contributed by atoms with van der Waals surface area (Å²) in [5.41, 5.74) is 1.27. The summed E-state index contributed by atoms with van der Waals surface area (Å²) in [6.07, 6.45) is 2.65. The molecule has 1 aromatic carbocycles. The third-order valence-electron chi connectivity index (χ3n) is 3.51. The number of hydrogen-bond donors (Lipinski definition) is 1. The number of benzene rings is 1. The average molecular weight is 233 g/mol. The molecular weight excluding hydrogens is 214 g/mol. The van der Waals surface area contributed by atoms with Crippen molar-refractivity contribution in [3.63, 3.8) is 0 Å². The molecule has 1 saturated heterocycles. The van der Waals surface area contributed by atoms with Gasteiger partial charge in [-0.1, -0.05) is 19.1 Å². The fraction of sp³-hybridized carbons (Fsp3) is 0.500. The maximum Gasteiger partial charge on any atom is 0.222 e. The summed E-state index contributed by atoms with van der Waals surface area (Å²) in [4.78, 5) is 13.5. The summed E-state index contributed by atoms with van der Waals surface area (Å²) in [6, 6.07) is 7.44. The van der Waals surface area contributed by atoms with Crippen molar-refractivity contribution in [2.45, 2.75) is 32.1 Å². The Morgan fingerprint density at radius 1 is 1.29 bits per heavy atom. The van der Waals surface area contributed by atoms with E-state index in [1.165, 1.54) is 5.56 Å². The standard InChI is InChI=1S/C14H19NO2/c1-2-14(17)15-9-7-12(8-10-15)11-3-5-13(16)6-4-11/h3-6,12,16H,2,7-10H2,1H3. The SMILES string of the molecule is CCC(=O)N1CCC(c2ccc(O)cc2)CC1. The van der Waals surface area contributed by atoms with Crippen molar-refractivity contribution < 1.29 is 9.90 Å². The normalized spacial score (nSPS) is 17.1. The summed E-state index contributed by atoms with van der Waals surface area (Å²) in [5.74, 6) is 1.10. The molecule has 0 unspecified atom stereocenters. The van der Waals surface area contributed by atoms with Gasteiger partial charge in [0.1, 0.15) is 5.75 Å². The number of phenolic OH excluding ortho intramolecular Hbond substituents is 1. The fourth-order valence-corrected chi connectivity index (χ4v) is 2.43. The minimum atomic E-state index is 0.258. The molecule has 3 nitrogen and oxygen atoms in total. The van der Waals surface area contributed by atoms with Gasteiger partial charge in [0.25, 0.3) is 0 Å². The van der Waals surface area contributed by atoms with Gasteiger partial charge in [-0.3, -0.25) is 4.79 Å². The number of nitrogens with zero attached hydrogens (tertiary/aromatic N) is 1. The lowest BCUT2D eigenvalue weighted by Crippen LogP contribution is -2.37. The third-order valence-corrected chi connectivity index (χ3v) is 3.51. The molecule has 0 aromatic heterocycles. The zero-order chi connectivity index (χ0) is 12.3. The van der Waals surface area contributed by atoms with E-state index in [9.17, 15) is 9.90 Å². The van der Waals surface area contributed by atoms with E-state index in [0.29, 0.717) is 18.1 Å². The van der Waals surface area contributed by atoms with Crippen molar-refractivity contribution in [3.8, 4) is 5.75 Å². The Labute approximate surface area is 102 Å². The van der Waals surface area contributed by atoms with Gasteiger partial charge >= 0.3 is 0 Å². The maximum absolute atomic E-state index is 11.5. The smallest absolute Gasteiger partial charge is 0.222 e. The highest BCUT2D eigenvalue weighted by Crippen LogP contribution is 2.29. The molecule has 17 heavy (non-hydrogen) atoms. The highest BCUT2D eigenvalue weighted by Gasteiger charge is 2.22. The van der Waals surface area contributed by atoms with Crippen molar-refractivity contribution in [2.75, 3.05) is 13.1 Å². The Bertz CT molecular complexity index is 378. The quantitative estimate of drug-likeness (QED) is 0.852. The second kappa shape index (κ2) is 5.21. The maximum atomic E-state index is 11.5. The van der Waals surface area contributed by atoms with Gasteiger partial charge in [0.15, 0.2) is 0 Å². The monoisotopic (exact) mass is 233 g/mol. The average Bonchev–Trinajstić information content (AvgIpc) is 2.39. The summed E-state index contributed by atoms with van der Waals surface area (Å²) >= 11 is 0. The van der Waals surface area contributed by atoms with Crippen LogP contribution in [0.3, 0.4) is 0 Å². The van der Waals surface area contributed by atoms with E-state index < -0.39 is 0 Å². The molecule has 0 spiro atoms.